The molecular weight excluding hydrogens is 360 g/mol. The second-order valence-electron chi connectivity index (χ2n) is 5.77. The van der Waals surface area contributed by atoms with Gasteiger partial charge in [-0.3, -0.25) is 4.98 Å². The van der Waals surface area contributed by atoms with Gasteiger partial charge in [0.1, 0.15) is 4.60 Å². The predicted molar refractivity (Wildman–Crippen MR) is 92.4 cm³/mol. The van der Waals surface area contributed by atoms with Crippen molar-refractivity contribution in [2.75, 3.05) is 12.4 Å². The number of halogens is 1. The zero-order chi connectivity index (χ0) is 16.4. The third kappa shape index (κ3) is 3.30. The molecule has 2 heterocycles. The molecular formula is C16H19BrN4O2. The fourth-order valence-electron chi connectivity index (χ4n) is 2.95. The zero-order valence-electron chi connectivity index (χ0n) is 12.9. The van der Waals surface area contributed by atoms with Crippen LogP contribution >= 0.6 is 15.9 Å². The third-order valence-electron chi connectivity index (χ3n) is 4.21. The van der Waals surface area contributed by atoms with E-state index in [2.05, 4.69) is 31.2 Å². The van der Waals surface area contributed by atoms with Gasteiger partial charge in [0, 0.05) is 23.7 Å². The number of esters is 1. The summed E-state index contributed by atoms with van der Waals surface area (Å²) in [5.41, 5.74) is 7.57. The number of aromatic nitrogens is 2. The Hall–Kier alpha value is -1.73. The summed E-state index contributed by atoms with van der Waals surface area (Å²) in [4.78, 5) is 20.9. The number of hydrogen-bond acceptors (Lipinski definition) is 6. The molecule has 0 unspecified atom stereocenters. The minimum absolute atomic E-state index is 0.250. The van der Waals surface area contributed by atoms with Crippen LogP contribution in [0.3, 0.4) is 0 Å². The van der Waals surface area contributed by atoms with Crippen LogP contribution in [0.15, 0.2) is 22.9 Å². The predicted octanol–water partition coefficient (Wildman–Crippen LogP) is 2.86. The lowest BCUT2D eigenvalue weighted by molar-refractivity contribution is 0.0595. The van der Waals surface area contributed by atoms with Gasteiger partial charge in [0.05, 0.1) is 18.3 Å². The molecule has 1 aliphatic carbocycles. The smallest absolute Gasteiger partial charge is 0.358 e. The van der Waals surface area contributed by atoms with E-state index < -0.39 is 5.97 Å². The van der Waals surface area contributed by atoms with E-state index in [1.807, 2.05) is 12.1 Å². The van der Waals surface area contributed by atoms with Crippen molar-refractivity contribution in [3.05, 3.63) is 28.6 Å². The van der Waals surface area contributed by atoms with E-state index in [9.17, 15) is 4.79 Å². The maximum atomic E-state index is 12.1. The van der Waals surface area contributed by atoms with Gasteiger partial charge in [-0.15, -0.1) is 0 Å². The topological polar surface area (TPSA) is 90.1 Å². The van der Waals surface area contributed by atoms with E-state index in [1.54, 1.807) is 6.20 Å². The number of pyridine rings is 2. The van der Waals surface area contributed by atoms with Gasteiger partial charge in [-0.2, -0.15) is 0 Å². The first-order chi connectivity index (χ1) is 11.1. The van der Waals surface area contributed by atoms with Crippen molar-refractivity contribution in [3.8, 4) is 0 Å². The Labute approximate surface area is 142 Å². The number of nitrogens with zero attached hydrogens (tertiary/aromatic N) is 2. The number of hydrogen-bond donors (Lipinski definition) is 2. The minimum Gasteiger partial charge on any atom is -0.464 e. The number of fused-ring (bicyclic) bond motifs is 1. The summed E-state index contributed by atoms with van der Waals surface area (Å²) in [7, 11) is 1.35. The largest absolute Gasteiger partial charge is 0.464 e. The molecule has 1 fully saturated rings. The molecule has 0 saturated heterocycles. The lowest BCUT2D eigenvalue weighted by Crippen LogP contribution is -2.33. The fraction of sp³-hybridized carbons (Fsp3) is 0.438. The summed E-state index contributed by atoms with van der Waals surface area (Å²) in [5, 5.41) is 4.31. The number of ether oxygens (including phenoxy) is 1. The van der Waals surface area contributed by atoms with E-state index >= 15 is 0 Å². The van der Waals surface area contributed by atoms with Crippen molar-refractivity contribution in [2.45, 2.75) is 37.8 Å². The van der Waals surface area contributed by atoms with Gasteiger partial charge in [-0.25, -0.2) is 9.78 Å². The van der Waals surface area contributed by atoms with Crippen molar-refractivity contribution in [3.63, 3.8) is 0 Å². The van der Waals surface area contributed by atoms with Crippen LogP contribution in [0, 0.1) is 0 Å². The molecule has 0 atom stereocenters. The molecule has 6 nitrogen and oxygen atoms in total. The molecule has 2 aromatic rings. The lowest BCUT2D eigenvalue weighted by atomic mass is 9.91. The number of methoxy groups -OCH3 is 1. The Morgan fingerprint density at radius 1 is 1.39 bits per heavy atom. The maximum Gasteiger partial charge on any atom is 0.358 e. The van der Waals surface area contributed by atoms with Crippen LogP contribution in [0.1, 0.15) is 36.2 Å². The van der Waals surface area contributed by atoms with Gasteiger partial charge in [0.2, 0.25) is 0 Å². The van der Waals surface area contributed by atoms with Gasteiger partial charge >= 0.3 is 5.97 Å². The van der Waals surface area contributed by atoms with Crippen LogP contribution < -0.4 is 11.1 Å². The number of carbonyl (C=O) groups is 1. The molecule has 2 aromatic heterocycles. The number of nitrogens with one attached hydrogen (secondary N) is 1. The van der Waals surface area contributed by atoms with Crippen molar-refractivity contribution < 1.29 is 9.53 Å². The Kier molecular flexibility index (Phi) is 4.77. The van der Waals surface area contributed by atoms with Gasteiger partial charge < -0.3 is 15.8 Å². The number of anilines is 1. The maximum absolute atomic E-state index is 12.1. The van der Waals surface area contributed by atoms with E-state index in [-0.39, 0.29) is 17.8 Å². The molecule has 0 aromatic carbocycles. The van der Waals surface area contributed by atoms with Crippen molar-refractivity contribution in [2.24, 2.45) is 5.73 Å². The normalized spacial score (nSPS) is 21.2. The minimum atomic E-state index is -0.478. The summed E-state index contributed by atoms with van der Waals surface area (Å²) < 4.78 is 5.46. The summed E-state index contributed by atoms with van der Waals surface area (Å²) in [5.74, 6) is -0.478. The SMILES string of the molecule is COC(=O)c1nc(Br)c2cccnc2c1NC1CCC(N)CC1. The second kappa shape index (κ2) is 6.80. The molecule has 23 heavy (non-hydrogen) atoms. The average molecular weight is 379 g/mol. The van der Waals surface area contributed by atoms with Gasteiger partial charge in [-0.05, 0) is 53.7 Å². The first kappa shape index (κ1) is 16.1. The highest BCUT2D eigenvalue weighted by molar-refractivity contribution is 9.10. The summed E-state index contributed by atoms with van der Waals surface area (Å²) in [6, 6.07) is 4.29. The number of rotatable bonds is 3. The molecule has 0 amide bonds. The van der Waals surface area contributed by atoms with Crippen LogP contribution in [-0.4, -0.2) is 35.1 Å². The van der Waals surface area contributed by atoms with Gasteiger partial charge in [-0.1, -0.05) is 0 Å². The molecule has 7 heteroatoms. The van der Waals surface area contributed by atoms with Gasteiger partial charge in [0.25, 0.3) is 0 Å². The fourth-order valence-corrected chi connectivity index (χ4v) is 3.44. The molecule has 1 saturated carbocycles. The van der Waals surface area contributed by atoms with E-state index in [4.69, 9.17) is 10.5 Å². The molecule has 3 rings (SSSR count). The Morgan fingerprint density at radius 2 is 2.13 bits per heavy atom. The number of nitrogens with two attached hydrogens (primary N) is 1. The Bertz CT molecular complexity index is 729. The Balaban J connectivity index is 2.05. The molecule has 0 spiro atoms. The highest BCUT2D eigenvalue weighted by atomic mass is 79.9. The zero-order valence-corrected chi connectivity index (χ0v) is 14.5. The van der Waals surface area contributed by atoms with Crippen LogP contribution in [0.2, 0.25) is 0 Å². The summed E-state index contributed by atoms with van der Waals surface area (Å²) >= 11 is 3.41. The molecule has 122 valence electrons. The first-order valence-electron chi connectivity index (χ1n) is 7.64. The van der Waals surface area contributed by atoms with Crippen LogP contribution in [0.4, 0.5) is 5.69 Å². The van der Waals surface area contributed by atoms with Crippen LogP contribution in [0.5, 0.6) is 0 Å². The van der Waals surface area contributed by atoms with E-state index in [0.717, 1.165) is 31.1 Å². The number of carbonyl (C=O) groups excluding carboxylic acids is 1. The first-order valence-corrected chi connectivity index (χ1v) is 8.44. The monoisotopic (exact) mass is 378 g/mol. The molecule has 1 aliphatic rings. The quantitative estimate of drug-likeness (QED) is 0.630. The molecule has 0 aliphatic heterocycles. The van der Waals surface area contributed by atoms with E-state index in [0.29, 0.717) is 15.8 Å². The van der Waals surface area contributed by atoms with Crippen molar-refractivity contribution >= 4 is 38.5 Å². The standard InChI is InChI=1S/C16H19BrN4O2/c1-23-16(22)14-13(20-10-6-4-9(18)5-7-10)12-11(15(17)21-14)3-2-8-19-12/h2-3,8-10,20H,4-7,18H2,1H3. The average Bonchev–Trinajstić information content (AvgIpc) is 2.58. The highest BCUT2D eigenvalue weighted by Gasteiger charge is 2.24. The van der Waals surface area contributed by atoms with Crippen molar-refractivity contribution in [1.82, 2.24) is 9.97 Å². The lowest BCUT2D eigenvalue weighted by Gasteiger charge is -2.28. The summed E-state index contributed by atoms with van der Waals surface area (Å²) in [6.45, 7) is 0. The Morgan fingerprint density at radius 3 is 2.83 bits per heavy atom. The van der Waals surface area contributed by atoms with Crippen LogP contribution in [0.25, 0.3) is 10.9 Å². The van der Waals surface area contributed by atoms with Crippen LogP contribution in [-0.2, 0) is 4.74 Å². The van der Waals surface area contributed by atoms with Crippen molar-refractivity contribution in [1.29, 1.82) is 0 Å². The molecule has 3 N–H and O–H groups in total. The molecule has 0 radical (unpaired) electrons. The van der Waals surface area contributed by atoms with E-state index in [1.165, 1.54) is 7.11 Å². The molecule has 0 bridgehead atoms. The second-order valence-corrected chi connectivity index (χ2v) is 6.52. The summed E-state index contributed by atoms with van der Waals surface area (Å²) in [6.07, 6.45) is 5.58. The highest BCUT2D eigenvalue weighted by Crippen LogP contribution is 2.32. The third-order valence-corrected chi connectivity index (χ3v) is 4.82. The van der Waals surface area contributed by atoms with Gasteiger partial charge in [0.15, 0.2) is 5.69 Å².